The van der Waals surface area contributed by atoms with Crippen molar-refractivity contribution in [1.82, 2.24) is 4.98 Å². The zero-order chi connectivity index (χ0) is 20.8. The van der Waals surface area contributed by atoms with E-state index in [1.807, 2.05) is 0 Å². The summed E-state index contributed by atoms with van der Waals surface area (Å²) in [6, 6.07) is 0. The monoisotopic (exact) mass is 417 g/mol. The fraction of sp³-hybridized carbons (Fsp3) is 0.647. The highest BCUT2D eigenvalue weighted by Gasteiger charge is 2.36. The summed E-state index contributed by atoms with van der Waals surface area (Å²) in [5.74, 6) is -0.690. The first kappa shape index (κ1) is 23.3. The van der Waals surface area contributed by atoms with E-state index in [4.69, 9.17) is 20.8 Å². The number of anilines is 1. The molecule has 0 unspecified atom stereocenters. The number of carbonyl (C=O) groups is 1. The van der Waals surface area contributed by atoms with Crippen LogP contribution in [0.2, 0.25) is 23.3 Å². The number of carbonyl (C=O) groups excluding carboxylic acids is 1. The van der Waals surface area contributed by atoms with Gasteiger partial charge < -0.3 is 14.5 Å². The minimum absolute atomic E-state index is 0.0155. The number of nitrogens with zero attached hydrogens (tertiary/aromatic N) is 2. The van der Waals surface area contributed by atoms with Gasteiger partial charge in [-0.25, -0.2) is 9.78 Å². The van der Waals surface area contributed by atoms with Gasteiger partial charge in [0.2, 0.25) is 5.15 Å². The molecule has 8 nitrogen and oxygen atoms in total. The molecule has 1 rings (SSSR count). The van der Waals surface area contributed by atoms with Gasteiger partial charge in [0.1, 0.15) is 11.3 Å². The summed E-state index contributed by atoms with van der Waals surface area (Å²) in [5, 5.41) is 14.1. The highest BCUT2D eigenvalue weighted by molar-refractivity contribution is 6.74. The van der Waals surface area contributed by atoms with Crippen molar-refractivity contribution < 1.29 is 18.9 Å². The van der Waals surface area contributed by atoms with Gasteiger partial charge in [-0.05, 0) is 31.5 Å². The number of nitrogens with one attached hydrogen (secondary N) is 1. The Labute approximate surface area is 165 Å². The number of rotatable bonds is 9. The van der Waals surface area contributed by atoms with Crippen molar-refractivity contribution in [3.63, 3.8) is 0 Å². The quantitative estimate of drug-likeness (QED) is 0.156. The highest BCUT2D eigenvalue weighted by Crippen LogP contribution is 2.37. The van der Waals surface area contributed by atoms with E-state index in [1.54, 1.807) is 6.92 Å². The third-order valence-electron chi connectivity index (χ3n) is 4.58. The number of ether oxygens (including phenoxy) is 1. The van der Waals surface area contributed by atoms with Crippen LogP contribution in [0.25, 0.3) is 0 Å². The number of halogens is 1. The molecule has 0 spiro atoms. The lowest BCUT2D eigenvalue weighted by Gasteiger charge is -2.36. The first-order valence-corrected chi connectivity index (χ1v) is 12.1. The van der Waals surface area contributed by atoms with Crippen molar-refractivity contribution in [2.75, 3.05) is 25.1 Å². The van der Waals surface area contributed by atoms with E-state index < -0.39 is 24.9 Å². The molecule has 0 atom stereocenters. The second-order valence-electron chi connectivity index (χ2n) is 7.55. The molecule has 1 N–H and O–H groups in total. The van der Waals surface area contributed by atoms with Crippen LogP contribution in [0.1, 0.15) is 44.5 Å². The Bertz CT molecular complexity index is 692. The molecule has 1 aromatic heterocycles. The Morgan fingerprint density at radius 3 is 2.56 bits per heavy atom. The van der Waals surface area contributed by atoms with Crippen LogP contribution in [-0.2, 0) is 9.16 Å². The van der Waals surface area contributed by atoms with Crippen molar-refractivity contribution in [1.29, 1.82) is 0 Å². The van der Waals surface area contributed by atoms with Gasteiger partial charge >= 0.3 is 11.7 Å². The molecule has 0 aromatic carbocycles. The predicted molar refractivity (Wildman–Crippen MR) is 108 cm³/mol. The molecular weight excluding hydrogens is 390 g/mol. The maximum Gasteiger partial charge on any atom is 0.342 e. The van der Waals surface area contributed by atoms with Gasteiger partial charge in [-0.15, -0.1) is 0 Å². The molecule has 27 heavy (non-hydrogen) atoms. The molecule has 152 valence electrons. The lowest BCUT2D eigenvalue weighted by Crippen LogP contribution is -2.41. The molecule has 0 saturated heterocycles. The predicted octanol–water partition coefficient (Wildman–Crippen LogP) is 4.64. The number of hydrogen-bond donors (Lipinski definition) is 1. The van der Waals surface area contributed by atoms with Crippen LogP contribution in [0, 0.1) is 10.1 Å². The maximum atomic E-state index is 12.1. The average molecular weight is 418 g/mol. The molecule has 0 aliphatic carbocycles. The Morgan fingerprint density at radius 2 is 2.04 bits per heavy atom. The smallest absolute Gasteiger partial charge is 0.342 e. The largest absolute Gasteiger partial charge is 0.462 e. The van der Waals surface area contributed by atoms with E-state index in [1.165, 1.54) is 6.20 Å². The Kier molecular flexibility index (Phi) is 8.18. The molecule has 10 heteroatoms. The van der Waals surface area contributed by atoms with Crippen LogP contribution in [-0.4, -0.2) is 44.0 Å². The van der Waals surface area contributed by atoms with Gasteiger partial charge in [0.25, 0.3) is 0 Å². The SMILES string of the molecule is CCOC(=O)c1cnc(Cl)c([N+](=O)[O-])c1NCCCO[Si](C)(C)C(C)(C)C. The van der Waals surface area contributed by atoms with Gasteiger partial charge in [-0.2, -0.15) is 0 Å². The van der Waals surface area contributed by atoms with Crippen molar-refractivity contribution >= 4 is 37.3 Å². The highest BCUT2D eigenvalue weighted by atomic mass is 35.5. The number of nitro groups is 1. The first-order valence-electron chi connectivity index (χ1n) is 8.80. The van der Waals surface area contributed by atoms with Gasteiger partial charge in [0.05, 0.1) is 11.5 Å². The molecule has 0 bridgehead atoms. The third-order valence-corrected chi connectivity index (χ3v) is 9.39. The van der Waals surface area contributed by atoms with Crippen molar-refractivity contribution in [2.45, 2.75) is 52.2 Å². The van der Waals surface area contributed by atoms with Crippen LogP contribution in [0.3, 0.4) is 0 Å². The second-order valence-corrected chi connectivity index (χ2v) is 12.7. The normalized spacial score (nSPS) is 12.0. The zero-order valence-electron chi connectivity index (χ0n) is 16.7. The topological polar surface area (TPSA) is 104 Å². The summed E-state index contributed by atoms with van der Waals surface area (Å²) in [6.07, 6.45) is 1.80. The van der Waals surface area contributed by atoms with Crippen LogP contribution >= 0.6 is 11.6 Å². The van der Waals surface area contributed by atoms with Gasteiger partial charge in [-0.1, -0.05) is 32.4 Å². The number of aromatic nitrogens is 1. The lowest BCUT2D eigenvalue weighted by molar-refractivity contribution is -0.384. The van der Waals surface area contributed by atoms with Gasteiger partial charge in [-0.3, -0.25) is 10.1 Å². The lowest BCUT2D eigenvalue weighted by atomic mass is 10.2. The van der Waals surface area contributed by atoms with E-state index in [0.717, 1.165) is 0 Å². The molecule has 0 fully saturated rings. The van der Waals surface area contributed by atoms with Crippen molar-refractivity contribution in [2.24, 2.45) is 0 Å². The van der Waals surface area contributed by atoms with Gasteiger partial charge in [0, 0.05) is 19.3 Å². The average Bonchev–Trinajstić information content (AvgIpc) is 2.53. The second kappa shape index (κ2) is 9.47. The molecule has 1 aromatic rings. The third kappa shape index (κ3) is 6.15. The van der Waals surface area contributed by atoms with E-state index in [2.05, 4.69) is 44.2 Å². The summed E-state index contributed by atoms with van der Waals surface area (Å²) < 4.78 is 11.0. The molecule has 0 amide bonds. The van der Waals surface area contributed by atoms with E-state index >= 15 is 0 Å². The molecule has 0 aliphatic heterocycles. The minimum Gasteiger partial charge on any atom is -0.462 e. The summed E-state index contributed by atoms with van der Waals surface area (Å²) in [6.45, 7) is 13.5. The Morgan fingerprint density at radius 1 is 1.41 bits per heavy atom. The van der Waals surface area contributed by atoms with E-state index in [9.17, 15) is 14.9 Å². The Hall–Kier alpha value is -1.71. The number of hydrogen-bond acceptors (Lipinski definition) is 7. The fourth-order valence-electron chi connectivity index (χ4n) is 2.02. The molecule has 0 radical (unpaired) electrons. The zero-order valence-corrected chi connectivity index (χ0v) is 18.5. The summed E-state index contributed by atoms with van der Waals surface area (Å²) in [5.41, 5.74) is -0.434. The Balaban J connectivity index is 2.88. The standard InChI is InChI=1S/C17H28ClN3O5Si/c1-7-25-16(22)12-11-20-15(18)14(21(23)24)13(12)19-9-8-10-26-27(5,6)17(2,3)4/h11H,7-10H2,1-6H3,(H,19,20). The van der Waals surface area contributed by atoms with E-state index in [-0.39, 0.29) is 28.0 Å². The first-order chi connectivity index (χ1) is 12.4. The summed E-state index contributed by atoms with van der Waals surface area (Å²) >= 11 is 5.86. The van der Waals surface area contributed by atoms with Crippen LogP contribution in [0.5, 0.6) is 0 Å². The molecule has 0 aliphatic rings. The molecule has 0 saturated carbocycles. The van der Waals surface area contributed by atoms with Crippen LogP contribution in [0.4, 0.5) is 11.4 Å². The minimum atomic E-state index is -1.85. The van der Waals surface area contributed by atoms with Crippen molar-refractivity contribution in [3.05, 3.63) is 27.0 Å². The fourth-order valence-corrected chi connectivity index (χ4v) is 3.32. The van der Waals surface area contributed by atoms with E-state index in [0.29, 0.717) is 19.6 Å². The van der Waals surface area contributed by atoms with Crippen LogP contribution in [0.15, 0.2) is 6.20 Å². The van der Waals surface area contributed by atoms with Crippen molar-refractivity contribution in [3.8, 4) is 0 Å². The molecule has 1 heterocycles. The number of pyridine rings is 1. The summed E-state index contributed by atoms with van der Waals surface area (Å²) in [7, 11) is -1.85. The molecular formula is C17H28ClN3O5Si. The van der Waals surface area contributed by atoms with Crippen LogP contribution < -0.4 is 5.32 Å². The maximum absolute atomic E-state index is 12.1. The number of esters is 1. The van der Waals surface area contributed by atoms with Gasteiger partial charge in [0.15, 0.2) is 8.32 Å². The summed E-state index contributed by atoms with van der Waals surface area (Å²) in [4.78, 5) is 26.5.